The van der Waals surface area contributed by atoms with Crippen LogP contribution in [-0.4, -0.2) is 42.4 Å². The van der Waals surface area contributed by atoms with Crippen molar-refractivity contribution in [1.29, 1.82) is 0 Å². The second-order valence-electron chi connectivity index (χ2n) is 8.49. The minimum atomic E-state index is -0.412. The Hall–Kier alpha value is -2.04. The number of carbonyl (C=O) groups excluding carboxylic acids is 2. The summed E-state index contributed by atoms with van der Waals surface area (Å²) in [6.07, 6.45) is 2.63. The molecule has 2 aliphatic carbocycles. The third kappa shape index (κ3) is 1.76. The van der Waals surface area contributed by atoms with Crippen LogP contribution in [0.25, 0.3) is 0 Å². The van der Waals surface area contributed by atoms with Crippen LogP contribution in [0.4, 0.5) is 0 Å². The highest BCUT2D eigenvalue weighted by molar-refractivity contribution is 5.89. The summed E-state index contributed by atoms with van der Waals surface area (Å²) in [5.41, 5.74) is 2.15. The van der Waals surface area contributed by atoms with E-state index in [0.29, 0.717) is 18.9 Å². The number of ketones is 1. The Labute approximate surface area is 153 Å². The first-order chi connectivity index (χ1) is 12.5. The van der Waals surface area contributed by atoms with Crippen LogP contribution in [0.15, 0.2) is 12.1 Å². The lowest BCUT2D eigenvalue weighted by molar-refractivity contribution is -0.150. The molecule has 1 saturated heterocycles. The van der Waals surface area contributed by atoms with Gasteiger partial charge in [-0.05, 0) is 36.8 Å². The van der Waals surface area contributed by atoms with Gasteiger partial charge in [-0.3, -0.25) is 9.59 Å². The molecule has 5 rings (SSSR count). The highest BCUT2D eigenvalue weighted by Gasteiger charge is 2.66. The SMILES string of the molecule is COc1ccc2c3c1O[C@H]1C(=O)CCC4C(C2)N(C(=O)C(C)C)CCC341. The Kier molecular flexibility index (Phi) is 3.26. The maximum Gasteiger partial charge on any atom is 0.225 e. The molecule has 4 aliphatic rings. The zero-order chi connectivity index (χ0) is 18.2. The number of hydrogen-bond donors (Lipinski definition) is 0. The Morgan fingerprint density at radius 1 is 1.38 bits per heavy atom. The van der Waals surface area contributed by atoms with E-state index in [1.165, 1.54) is 11.1 Å². The maximum atomic E-state index is 12.8. The number of ether oxygens (including phenoxy) is 2. The van der Waals surface area contributed by atoms with E-state index in [-0.39, 0.29) is 29.1 Å². The van der Waals surface area contributed by atoms with Crippen LogP contribution in [0.3, 0.4) is 0 Å². The van der Waals surface area contributed by atoms with Crippen molar-refractivity contribution in [1.82, 2.24) is 4.90 Å². The molecule has 4 atom stereocenters. The second kappa shape index (κ2) is 5.24. The van der Waals surface area contributed by atoms with E-state index in [1.54, 1.807) is 7.11 Å². The van der Waals surface area contributed by atoms with Crippen LogP contribution in [-0.2, 0) is 21.4 Å². The van der Waals surface area contributed by atoms with E-state index in [9.17, 15) is 9.59 Å². The summed E-state index contributed by atoms with van der Waals surface area (Å²) in [5, 5.41) is 0. The van der Waals surface area contributed by atoms with Gasteiger partial charge >= 0.3 is 0 Å². The van der Waals surface area contributed by atoms with Crippen molar-refractivity contribution in [2.24, 2.45) is 11.8 Å². The molecule has 1 amide bonds. The first-order valence-electron chi connectivity index (χ1n) is 9.69. The van der Waals surface area contributed by atoms with Gasteiger partial charge in [0.1, 0.15) is 0 Å². The lowest BCUT2D eigenvalue weighted by atomic mass is 9.51. The minimum Gasteiger partial charge on any atom is -0.493 e. The van der Waals surface area contributed by atoms with E-state index in [1.807, 2.05) is 19.9 Å². The molecule has 0 N–H and O–H groups in total. The predicted molar refractivity (Wildman–Crippen MR) is 95.5 cm³/mol. The summed E-state index contributed by atoms with van der Waals surface area (Å²) in [4.78, 5) is 27.7. The zero-order valence-electron chi connectivity index (χ0n) is 15.6. The first-order valence-corrected chi connectivity index (χ1v) is 9.69. The van der Waals surface area contributed by atoms with E-state index in [2.05, 4.69) is 11.0 Å². The molecule has 26 heavy (non-hydrogen) atoms. The Balaban J connectivity index is 1.70. The summed E-state index contributed by atoms with van der Waals surface area (Å²) in [6.45, 7) is 4.65. The average molecular weight is 355 g/mol. The molecule has 1 aromatic rings. The molecule has 5 nitrogen and oxygen atoms in total. The molecule has 3 unspecified atom stereocenters. The number of methoxy groups -OCH3 is 1. The van der Waals surface area contributed by atoms with Crippen LogP contribution in [0.2, 0.25) is 0 Å². The first kappa shape index (κ1) is 16.2. The van der Waals surface area contributed by atoms with Crippen LogP contribution in [0, 0.1) is 11.8 Å². The fourth-order valence-electron chi connectivity index (χ4n) is 6.08. The molecule has 0 radical (unpaired) electrons. The number of benzene rings is 1. The minimum absolute atomic E-state index is 0.00211. The highest BCUT2D eigenvalue weighted by Crippen LogP contribution is 2.63. The Morgan fingerprint density at radius 3 is 2.92 bits per heavy atom. The summed E-state index contributed by atoms with van der Waals surface area (Å²) >= 11 is 0. The quantitative estimate of drug-likeness (QED) is 0.818. The highest BCUT2D eigenvalue weighted by atomic mass is 16.5. The molecule has 1 saturated carbocycles. The number of Topliss-reactive ketones (excluding diaryl/α,β-unsaturated/α-hetero) is 1. The third-order valence-corrected chi connectivity index (χ3v) is 7.09. The van der Waals surface area contributed by atoms with Gasteiger partial charge in [0.2, 0.25) is 5.91 Å². The van der Waals surface area contributed by atoms with Crippen LogP contribution < -0.4 is 9.47 Å². The number of hydrogen-bond acceptors (Lipinski definition) is 4. The molecule has 1 aromatic carbocycles. The van der Waals surface area contributed by atoms with Crippen molar-refractivity contribution < 1.29 is 19.1 Å². The zero-order valence-corrected chi connectivity index (χ0v) is 15.6. The molecule has 2 heterocycles. The number of carbonyl (C=O) groups is 2. The molecule has 0 aromatic heterocycles. The maximum absolute atomic E-state index is 12.8. The Morgan fingerprint density at radius 2 is 2.19 bits per heavy atom. The van der Waals surface area contributed by atoms with Gasteiger partial charge in [-0.25, -0.2) is 0 Å². The summed E-state index contributed by atoms with van der Waals surface area (Å²) in [7, 11) is 1.65. The molecule has 2 fully saturated rings. The average Bonchev–Trinajstić information content (AvgIpc) is 2.97. The van der Waals surface area contributed by atoms with Crippen LogP contribution >= 0.6 is 0 Å². The second-order valence-corrected chi connectivity index (χ2v) is 8.49. The monoisotopic (exact) mass is 355 g/mol. The third-order valence-electron chi connectivity index (χ3n) is 7.09. The van der Waals surface area contributed by atoms with Gasteiger partial charge in [-0.2, -0.15) is 0 Å². The lowest BCUT2D eigenvalue weighted by Crippen LogP contribution is -2.67. The van der Waals surface area contributed by atoms with Crippen molar-refractivity contribution >= 4 is 11.7 Å². The molecule has 2 bridgehead atoms. The van der Waals surface area contributed by atoms with Crippen LogP contribution in [0.5, 0.6) is 11.5 Å². The van der Waals surface area contributed by atoms with Gasteiger partial charge in [0.25, 0.3) is 0 Å². The summed E-state index contributed by atoms with van der Waals surface area (Å²) in [6, 6.07) is 4.22. The summed E-state index contributed by atoms with van der Waals surface area (Å²) in [5.74, 6) is 2.22. The van der Waals surface area contributed by atoms with Crippen molar-refractivity contribution in [3.63, 3.8) is 0 Å². The number of nitrogens with zero attached hydrogens (tertiary/aromatic N) is 1. The number of rotatable bonds is 2. The van der Waals surface area contributed by atoms with Crippen molar-refractivity contribution in [2.75, 3.05) is 13.7 Å². The predicted octanol–water partition coefficient (Wildman–Crippen LogP) is 2.49. The fraction of sp³-hybridized carbons (Fsp3) is 0.619. The molecular formula is C21H25NO4. The van der Waals surface area contributed by atoms with E-state index in [4.69, 9.17) is 9.47 Å². The van der Waals surface area contributed by atoms with E-state index < -0.39 is 6.10 Å². The van der Waals surface area contributed by atoms with Gasteiger partial charge in [-0.1, -0.05) is 19.9 Å². The van der Waals surface area contributed by atoms with Crippen molar-refractivity contribution in [2.45, 2.75) is 57.1 Å². The van der Waals surface area contributed by atoms with E-state index >= 15 is 0 Å². The van der Waals surface area contributed by atoms with Gasteiger partial charge in [0, 0.05) is 30.5 Å². The van der Waals surface area contributed by atoms with Gasteiger partial charge in [0.15, 0.2) is 23.4 Å². The smallest absolute Gasteiger partial charge is 0.225 e. The Bertz CT molecular complexity index is 816. The van der Waals surface area contributed by atoms with Crippen molar-refractivity contribution in [3.05, 3.63) is 23.3 Å². The fourth-order valence-corrected chi connectivity index (χ4v) is 6.08. The molecule has 2 aliphatic heterocycles. The number of likely N-dealkylation sites (tertiary alicyclic amines) is 1. The topological polar surface area (TPSA) is 55.8 Å². The van der Waals surface area contributed by atoms with Gasteiger partial charge in [-0.15, -0.1) is 0 Å². The normalized spacial score (nSPS) is 33.8. The van der Waals surface area contributed by atoms with Crippen LogP contribution in [0.1, 0.15) is 44.2 Å². The number of amides is 1. The molecular weight excluding hydrogens is 330 g/mol. The standard InChI is InChI=1S/C21H25NO4/c1-11(2)20(24)22-9-8-21-13-5-6-15(23)19(21)26-18-16(25-3)7-4-12(17(18)21)10-14(13)22/h4,7,11,13-14,19H,5-6,8-10H2,1-3H3/t13?,14?,19-,21?/m0/s1. The van der Waals surface area contributed by atoms with Crippen molar-refractivity contribution in [3.8, 4) is 11.5 Å². The largest absolute Gasteiger partial charge is 0.493 e. The van der Waals surface area contributed by atoms with E-state index in [0.717, 1.165) is 30.8 Å². The summed E-state index contributed by atoms with van der Waals surface area (Å²) < 4.78 is 11.8. The number of piperidine rings is 1. The molecule has 1 spiro atoms. The lowest BCUT2D eigenvalue weighted by Gasteiger charge is -2.57. The van der Waals surface area contributed by atoms with Gasteiger partial charge < -0.3 is 14.4 Å². The van der Waals surface area contributed by atoms with Gasteiger partial charge in [0.05, 0.1) is 12.5 Å². The molecule has 5 heteroatoms. The molecule has 138 valence electrons.